The summed E-state index contributed by atoms with van der Waals surface area (Å²) in [6.07, 6.45) is -0.968. The van der Waals surface area contributed by atoms with Gasteiger partial charge in [0.15, 0.2) is 12.2 Å². The van der Waals surface area contributed by atoms with Crippen molar-refractivity contribution in [3.05, 3.63) is 76.6 Å². The second kappa shape index (κ2) is 12.3. The van der Waals surface area contributed by atoms with E-state index in [2.05, 4.69) is 10.4 Å². The Morgan fingerprint density at radius 1 is 1.07 bits per heavy atom. The lowest BCUT2D eigenvalue weighted by Gasteiger charge is -2.25. The number of hydrogen-bond acceptors (Lipinski definition) is 10. The van der Waals surface area contributed by atoms with Crippen LogP contribution in [0.25, 0.3) is 11.1 Å². The van der Waals surface area contributed by atoms with E-state index in [0.717, 1.165) is 5.56 Å². The van der Waals surface area contributed by atoms with Crippen molar-refractivity contribution in [2.75, 3.05) is 6.54 Å². The smallest absolute Gasteiger partial charge is 0.429 e. The largest absolute Gasteiger partial charge is 0.514 e. The quantitative estimate of drug-likeness (QED) is 0.163. The molecule has 0 spiro atoms. The number of nitro groups is 1. The highest BCUT2D eigenvalue weighted by molar-refractivity contribution is 5.65. The van der Waals surface area contributed by atoms with Crippen LogP contribution in [0.5, 0.6) is 5.75 Å². The minimum atomic E-state index is -2.74. The molecule has 1 saturated heterocycles. The summed E-state index contributed by atoms with van der Waals surface area (Å²) < 4.78 is 47.7. The number of nitrogens with zero attached hydrogens (tertiary/aromatic N) is 3. The normalized spacial score (nSPS) is 18.6. The van der Waals surface area contributed by atoms with Gasteiger partial charge >= 0.3 is 18.9 Å². The van der Waals surface area contributed by atoms with Crippen LogP contribution in [-0.4, -0.2) is 57.4 Å². The van der Waals surface area contributed by atoms with Crippen molar-refractivity contribution in [3.63, 3.8) is 0 Å². The van der Waals surface area contributed by atoms with Crippen molar-refractivity contribution in [1.29, 1.82) is 0 Å². The maximum Gasteiger partial charge on any atom is 0.514 e. The van der Waals surface area contributed by atoms with E-state index in [1.807, 2.05) is 0 Å². The first kappa shape index (κ1) is 29.4. The Kier molecular flexibility index (Phi) is 8.81. The zero-order chi connectivity index (χ0) is 29.7. The molecule has 218 valence electrons. The molecule has 1 aliphatic rings. The van der Waals surface area contributed by atoms with Crippen LogP contribution in [0.15, 0.2) is 60.9 Å². The van der Waals surface area contributed by atoms with E-state index in [1.165, 1.54) is 36.7 Å². The molecule has 0 bridgehead atoms. The van der Waals surface area contributed by atoms with Gasteiger partial charge in [-0.15, -0.1) is 0 Å². The summed E-state index contributed by atoms with van der Waals surface area (Å²) in [5.41, 5.74) is 1.05. The van der Waals surface area contributed by atoms with Gasteiger partial charge < -0.3 is 24.3 Å². The first-order chi connectivity index (χ1) is 19.4. The highest BCUT2D eigenvalue weighted by Crippen LogP contribution is 2.25. The molecular formula is C27H28F2N4O8. The number of non-ortho nitro benzene ring substituents is 1. The van der Waals surface area contributed by atoms with Crippen LogP contribution in [-0.2, 0) is 20.6 Å². The predicted octanol–water partition coefficient (Wildman–Crippen LogP) is 5.27. The molecule has 3 atom stereocenters. The molecule has 1 aliphatic heterocycles. The van der Waals surface area contributed by atoms with E-state index < -0.39 is 47.6 Å². The lowest BCUT2D eigenvalue weighted by atomic mass is 9.99. The molecule has 1 aromatic heterocycles. The number of hydrogen-bond donors (Lipinski definition) is 1. The van der Waals surface area contributed by atoms with Crippen molar-refractivity contribution in [2.45, 2.75) is 57.6 Å². The molecule has 0 saturated carbocycles. The summed E-state index contributed by atoms with van der Waals surface area (Å²) in [6, 6.07) is 11.5. The van der Waals surface area contributed by atoms with Crippen molar-refractivity contribution in [3.8, 4) is 16.9 Å². The molecule has 14 heteroatoms. The standard InChI is InChI=1S/C27H28F2N4O8/c1-27(2,3)41-26(35)39-22-14-30-21(23(22)40-25(34)38-20-10-8-19(9-11-20)33(36)37)12-16-4-6-17(7-5-16)18-13-31-32(15-18)24(28)29/h4-11,13,15,21-24,30H,12,14H2,1-3H3/t21-,22+,23+/m1/s1. The number of nitrogens with one attached hydrogen (secondary N) is 1. The van der Waals surface area contributed by atoms with Gasteiger partial charge in [0.2, 0.25) is 0 Å². The molecule has 12 nitrogen and oxygen atoms in total. The van der Waals surface area contributed by atoms with E-state index in [1.54, 1.807) is 45.0 Å². The predicted molar refractivity (Wildman–Crippen MR) is 140 cm³/mol. The molecule has 0 radical (unpaired) electrons. The van der Waals surface area contributed by atoms with Crippen LogP contribution < -0.4 is 10.1 Å². The number of nitro benzene ring substituents is 1. The van der Waals surface area contributed by atoms with Crippen LogP contribution in [0.1, 0.15) is 32.9 Å². The van der Waals surface area contributed by atoms with Crippen molar-refractivity contribution in [2.24, 2.45) is 0 Å². The average Bonchev–Trinajstić information content (AvgIpc) is 3.52. The van der Waals surface area contributed by atoms with Gasteiger partial charge in [0.1, 0.15) is 11.4 Å². The fourth-order valence-electron chi connectivity index (χ4n) is 4.16. The highest BCUT2D eigenvalue weighted by atomic mass is 19.3. The molecular weight excluding hydrogens is 546 g/mol. The Morgan fingerprint density at radius 2 is 1.76 bits per heavy atom. The first-order valence-corrected chi connectivity index (χ1v) is 12.6. The third-order valence-corrected chi connectivity index (χ3v) is 6.01. The molecule has 1 fully saturated rings. The number of ether oxygens (including phenoxy) is 4. The molecule has 4 rings (SSSR count). The number of aromatic nitrogens is 2. The van der Waals surface area contributed by atoms with Gasteiger partial charge in [-0.25, -0.2) is 14.3 Å². The summed E-state index contributed by atoms with van der Waals surface area (Å²) in [5.74, 6) is 0.0264. The number of carbonyl (C=O) groups excluding carboxylic acids is 2. The Balaban J connectivity index is 1.46. The van der Waals surface area contributed by atoms with E-state index in [9.17, 15) is 28.5 Å². The summed E-state index contributed by atoms with van der Waals surface area (Å²) in [6.45, 7) is 2.46. The van der Waals surface area contributed by atoms with Crippen molar-refractivity contribution in [1.82, 2.24) is 15.1 Å². The molecule has 0 amide bonds. The Morgan fingerprint density at radius 3 is 2.34 bits per heavy atom. The summed E-state index contributed by atoms with van der Waals surface area (Å²) in [5, 5.41) is 17.7. The van der Waals surface area contributed by atoms with Gasteiger partial charge in [-0.1, -0.05) is 24.3 Å². The summed E-state index contributed by atoms with van der Waals surface area (Å²) in [7, 11) is 0. The van der Waals surface area contributed by atoms with Gasteiger partial charge in [0, 0.05) is 30.4 Å². The minimum absolute atomic E-state index is 0.0264. The molecule has 2 aromatic carbocycles. The Hall–Kier alpha value is -4.59. The van der Waals surface area contributed by atoms with Gasteiger partial charge in [-0.05, 0) is 50.5 Å². The second-order valence-corrected chi connectivity index (χ2v) is 10.2. The van der Waals surface area contributed by atoms with Crippen LogP contribution in [0.3, 0.4) is 0 Å². The minimum Gasteiger partial charge on any atom is -0.429 e. The maximum atomic E-state index is 12.9. The van der Waals surface area contributed by atoms with Gasteiger partial charge in [0.05, 0.1) is 17.2 Å². The highest BCUT2D eigenvalue weighted by Gasteiger charge is 2.42. The second-order valence-electron chi connectivity index (χ2n) is 10.2. The molecule has 0 aliphatic carbocycles. The third-order valence-electron chi connectivity index (χ3n) is 6.01. The fourth-order valence-corrected chi connectivity index (χ4v) is 4.16. The van der Waals surface area contributed by atoms with Crippen LogP contribution in [0, 0.1) is 10.1 Å². The van der Waals surface area contributed by atoms with Crippen LogP contribution in [0.2, 0.25) is 0 Å². The number of benzene rings is 2. The molecule has 1 N–H and O–H groups in total. The average molecular weight is 575 g/mol. The number of alkyl halides is 2. The van der Waals surface area contributed by atoms with Gasteiger partial charge in [-0.2, -0.15) is 13.9 Å². The van der Waals surface area contributed by atoms with Gasteiger partial charge in [-0.3, -0.25) is 10.1 Å². The fraction of sp³-hybridized carbons (Fsp3) is 0.370. The molecule has 2 heterocycles. The van der Waals surface area contributed by atoms with Crippen LogP contribution >= 0.6 is 0 Å². The van der Waals surface area contributed by atoms with Crippen LogP contribution in [0.4, 0.5) is 24.1 Å². The Labute approximate surface area is 233 Å². The molecule has 0 unspecified atom stereocenters. The molecule has 3 aromatic rings. The third kappa shape index (κ3) is 7.97. The monoisotopic (exact) mass is 574 g/mol. The topological polar surface area (TPSA) is 144 Å². The Bertz CT molecular complexity index is 1370. The SMILES string of the molecule is CC(C)(C)OC(=O)O[C@H]1CN[C@H](Cc2ccc(-c3cnn(C(F)F)c3)cc2)[C@@H]1OC(=O)Oc1ccc([N+](=O)[O-])cc1. The maximum absolute atomic E-state index is 12.9. The summed E-state index contributed by atoms with van der Waals surface area (Å²) in [4.78, 5) is 35.3. The lowest BCUT2D eigenvalue weighted by Crippen LogP contribution is -2.41. The van der Waals surface area contributed by atoms with Crippen molar-refractivity contribution >= 4 is 18.0 Å². The molecule has 41 heavy (non-hydrogen) atoms. The zero-order valence-corrected chi connectivity index (χ0v) is 22.4. The summed E-state index contributed by atoms with van der Waals surface area (Å²) >= 11 is 0. The zero-order valence-electron chi connectivity index (χ0n) is 22.4. The number of halogens is 2. The van der Waals surface area contributed by atoms with E-state index in [-0.39, 0.29) is 18.0 Å². The first-order valence-electron chi connectivity index (χ1n) is 12.6. The van der Waals surface area contributed by atoms with E-state index in [0.29, 0.717) is 22.2 Å². The number of rotatable bonds is 8. The number of carbonyl (C=O) groups is 2. The van der Waals surface area contributed by atoms with E-state index >= 15 is 0 Å². The van der Waals surface area contributed by atoms with Gasteiger partial charge in [0.25, 0.3) is 5.69 Å². The lowest BCUT2D eigenvalue weighted by molar-refractivity contribution is -0.384. The van der Waals surface area contributed by atoms with E-state index in [4.69, 9.17) is 18.9 Å². The van der Waals surface area contributed by atoms with Crippen molar-refractivity contribution < 1.29 is 42.2 Å².